The zero-order valence-corrected chi connectivity index (χ0v) is 19.2. The number of fused-ring (bicyclic) bond motifs is 1. The van der Waals surface area contributed by atoms with E-state index in [-0.39, 0.29) is 23.4 Å². The molecule has 1 aliphatic carbocycles. The van der Waals surface area contributed by atoms with E-state index in [0.29, 0.717) is 25.1 Å². The summed E-state index contributed by atoms with van der Waals surface area (Å²) in [6, 6.07) is 0.483. The number of carbonyl (C=O) groups excluding carboxylic acids is 1. The van der Waals surface area contributed by atoms with E-state index in [0.717, 1.165) is 68.1 Å². The second-order valence-electron chi connectivity index (χ2n) is 9.99. The molecule has 3 aliphatic heterocycles. The summed E-state index contributed by atoms with van der Waals surface area (Å²) in [6.45, 7) is 8.69. The molecule has 4 aliphatic rings. The first-order chi connectivity index (χ1) is 15.9. The van der Waals surface area contributed by atoms with Crippen LogP contribution in [-0.4, -0.2) is 82.2 Å². The predicted octanol–water partition coefficient (Wildman–Crippen LogP) is 1.11. The number of anilines is 3. The molecular weight excluding hydrogens is 420 g/mol. The van der Waals surface area contributed by atoms with Gasteiger partial charge in [0.25, 0.3) is 0 Å². The van der Waals surface area contributed by atoms with Crippen molar-refractivity contribution in [1.82, 2.24) is 24.8 Å². The predicted molar refractivity (Wildman–Crippen MR) is 124 cm³/mol. The van der Waals surface area contributed by atoms with Crippen molar-refractivity contribution in [2.24, 2.45) is 5.41 Å². The van der Waals surface area contributed by atoms with E-state index in [1.54, 1.807) is 12.4 Å². The molecule has 0 aromatic carbocycles. The summed E-state index contributed by atoms with van der Waals surface area (Å²) in [7, 11) is 0. The average molecular weight is 451 g/mol. The maximum Gasteiger partial charge on any atom is 0.228 e. The first-order valence-corrected chi connectivity index (χ1v) is 11.8. The zero-order chi connectivity index (χ0) is 22.7. The quantitative estimate of drug-likeness (QED) is 0.732. The fourth-order valence-corrected chi connectivity index (χ4v) is 5.08. The van der Waals surface area contributed by atoms with Gasteiger partial charge in [-0.25, -0.2) is 15.0 Å². The lowest BCUT2D eigenvalue weighted by Gasteiger charge is -2.45. The van der Waals surface area contributed by atoms with Crippen LogP contribution < -0.4 is 15.5 Å². The van der Waals surface area contributed by atoms with Crippen LogP contribution in [0.5, 0.6) is 0 Å². The summed E-state index contributed by atoms with van der Waals surface area (Å²) in [5.41, 5.74) is 8.44. The van der Waals surface area contributed by atoms with Crippen molar-refractivity contribution in [2.45, 2.75) is 45.2 Å². The van der Waals surface area contributed by atoms with Crippen molar-refractivity contribution in [1.29, 1.82) is 0 Å². The van der Waals surface area contributed by atoms with Gasteiger partial charge in [-0.3, -0.25) is 4.79 Å². The Hall–Kier alpha value is -3.01. The Kier molecular flexibility index (Phi) is 4.69. The molecule has 3 fully saturated rings. The summed E-state index contributed by atoms with van der Waals surface area (Å²) in [6.07, 6.45) is 6.36. The minimum atomic E-state index is -0.113. The lowest BCUT2D eigenvalue weighted by atomic mass is 10.0. The second-order valence-corrected chi connectivity index (χ2v) is 9.99. The fraction of sp³-hybridized carbons (Fsp3) is 0.609. The Balaban J connectivity index is 1.33. The monoisotopic (exact) mass is 450 g/mol. The molecule has 1 saturated carbocycles. The van der Waals surface area contributed by atoms with E-state index in [1.807, 2.05) is 4.90 Å². The van der Waals surface area contributed by atoms with Crippen molar-refractivity contribution in [2.75, 3.05) is 54.9 Å². The molecular formula is C23H30N8O2. The number of hydrogen-bond donors (Lipinski definition) is 1. The molecule has 0 spiro atoms. The van der Waals surface area contributed by atoms with Crippen LogP contribution in [-0.2, 0) is 16.0 Å². The molecule has 5 heterocycles. The SMILES string of the molecule is C[C@H]1COCCN1c1nc(-c2cnc(N)nc2)c2c(n1)N(C1CN(C(=O)C3(C)CC3)C1)CC2. The molecule has 10 heteroatoms. The Bertz CT molecular complexity index is 1080. The first kappa shape index (κ1) is 20.6. The van der Waals surface area contributed by atoms with Gasteiger partial charge in [-0.2, -0.15) is 4.98 Å². The van der Waals surface area contributed by atoms with Crippen LogP contribution in [0.4, 0.5) is 17.7 Å². The number of rotatable bonds is 4. The summed E-state index contributed by atoms with van der Waals surface area (Å²) >= 11 is 0. The number of nitrogen functional groups attached to an aromatic ring is 1. The molecule has 2 saturated heterocycles. The lowest BCUT2D eigenvalue weighted by molar-refractivity contribution is -0.140. The molecule has 2 aromatic heterocycles. The maximum absolute atomic E-state index is 12.7. The van der Waals surface area contributed by atoms with Crippen molar-refractivity contribution < 1.29 is 9.53 Å². The van der Waals surface area contributed by atoms with Gasteiger partial charge in [-0.1, -0.05) is 6.92 Å². The van der Waals surface area contributed by atoms with Gasteiger partial charge in [0.05, 0.1) is 31.0 Å². The molecule has 2 aromatic rings. The first-order valence-electron chi connectivity index (χ1n) is 11.8. The van der Waals surface area contributed by atoms with Crippen LogP contribution in [0.1, 0.15) is 32.3 Å². The highest BCUT2D eigenvalue weighted by atomic mass is 16.5. The van der Waals surface area contributed by atoms with Crippen LogP contribution >= 0.6 is 0 Å². The van der Waals surface area contributed by atoms with E-state index in [2.05, 4.69) is 33.6 Å². The number of likely N-dealkylation sites (tertiary alicyclic amines) is 1. The van der Waals surface area contributed by atoms with E-state index in [1.165, 1.54) is 0 Å². The van der Waals surface area contributed by atoms with Gasteiger partial charge in [0.2, 0.25) is 17.8 Å². The minimum absolute atomic E-state index is 0.113. The van der Waals surface area contributed by atoms with E-state index in [4.69, 9.17) is 20.4 Å². The average Bonchev–Trinajstić information content (AvgIpc) is 3.41. The smallest absolute Gasteiger partial charge is 0.228 e. The van der Waals surface area contributed by atoms with E-state index >= 15 is 0 Å². The van der Waals surface area contributed by atoms with Gasteiger partial charge < -0.3 is 25.2 Å². The molecule has 2 N–H and O–H groups in total. The molecule has 10 nitrogen and oxygen atoms in total. The van der Waals surface area contributed by atoms with Crippen molar-refractivity contribution in [3.63, 3.8) is 0 Å². The summed E-state index contributed by atoms with van der Waals surface area (Å²) < 4.78 is 5.63. The molecule has 6 rings (SSSR count). The fourth-order valence-electron chi connectivity index (χ4n) is 5.08. The third kappa shape index (κ3) is 3.47. The Labute approximate surface area is 193 Å². The summed E-state index contributed by atoms with van der Waals surface area (Å²) in [4.78, 5) is 37.7. The molecule has 0 radical (unpaired) electrons. The zero-order valence-electron chi connectivity index (χ0n) is 19.2. The van der Waals surface area contributed by atoms with Gasteiger partial charge in [0, 0.05) is 55.1 Å². The minimum Gasteiger partial charge on any atom is -0.377 e. The topological polar surface area (TPSA) is 114 Å². The summed E-state index contributed by atoms with van der Waals surface area (Å²) in [5.74, 6) is 2.24. The van der Waals surface area contributed by atoms with Crippen LogP contribution in [0.15, 0.2) is 12.4 Å². The van der Waals surface area contributed by atoms with Gasteiger partial charge in [-0.15, -0.1) is 0 Å². The van der Waals surface area contributed by atoms with Gasteiger partial charge >= 0.3 is 0 Å². The van der Waals surface area contributed by atoms with Crippen LogP contribution in [0.3, 0.4) is 0 Å². The number of nitrogens with two attached hydrogens (primary N) is 1. The molecule has 33 heavy (non-hydrogen) atoms. The number of amides is 1. The number of hydrogen-bond acceptors (Lipinski definition) is 9. The molecule has 0 unspecified atom stereocenters. The van der Waals surface area contributed by atoms with Gasteiger partial charge in [-0.05, 0) is 26.2 Å². The highest BCUT2D eigenvalue weighted by Crippen LogP contribution is 2.47. The largest absolute Gasteiger partial charge is 0.377 e. The van der Waals surface area contributed by atoms with Crippen LogP contribution in [0, 0.1) is 5.41 Å². The number of nitrogens with zero attached hydrogens (tertiary/aromatic N) is 7. The Morgan fingerprint density at radius 3 is 2.61 bits per heavy atom. The number of morpholine rings is 1. The highest BCUT2D eigenvalue weighted by Gasteiger charge is 2.50. The number of carbonyl (C=O) groups is 1. The van der Waals surface area contributed by atoms with Crippen molar-refractivity contribution in [3.05, 3.63) is 18.0 Å². The number of ether oxygens (including phenoxy) is 1. The highest BCUT2D eigenvalue weighted by molar-refractivity contribution is 5.86. The third-order valence-corrected chi connectivity index (χ3v) is 7.52. The summed E-state index contributed by atoms with van der Waals surface area (Å²) in [5, 5.41) is 0. The molecule has 0 bridgehead atoms. The van der Waals surface area contributed by atoms with Crippen LogP contribution in [0.2, 0.25) is 0 Å². The van der Waals surface area contributed by atoms with Gasteiger partial charge in [0.15, 0.2) is 0 Å². The second kappa shape index (κ2) is 7.51. The normalized spacial score (nSPS) is 23.9. The Morgan fingerprint density at radius 1 is 1.15 bits per heavy atom. The molecule has 174 valence electrons. The maximum atomic E-state index is 12.7. The third-order valence-electron chi connectivity index (χ3n) is 7.52. The standard InChI is InChI=1S/C23H30N8O2/c1-14-13-33-8-7-30(14)22-27-18(15-9-25-21(24)26-10-15)17-3-6-31(19(17)28-22)16-11-29(12-16)20(32)23(2)4-5-23/h9-10,14,16H,3-8,11-13H2,1-2H3,(H2,24,25,26)/t14-/m0/s1. The van der Waals surface area contributed by atoms with E-state index in [9.17, 15) is 4.79 Å². The van der Waals surface area contributed by atoms with Crippen molar-refractivity contribution in [3.8, 4) is 11.3 Å². The van der Waals surface area contributed by atoms with Gasteiger partial charge in [0.1, 0.15) is 5.82 Å². The van der Waals surface area contributed by atoms with Crippen LogP contribution in [0.25, 0.3) is 11.3 Å². The molecule has 1 atom stereocenters. The Morgan fingerprint density at radius 2 is 1.91 bits per heavy atom. The number of aromatic nitrogens is 4. The van der Waals surface area contributed by atoms with Crippen molar-refractivity contribution >= 4 is 23.6 Å². The molecule has 1 amide bonds. The lowest BCUT2D eigenvalue weighted by Crippen LogP contribution is -2.62. The van der Waals surface area contributed by atoms with E-state index < -0.39 is 0 Å².